The topological polar surface area (TPSA) is 45.9 Å². The Balaban J connectivity index is 2.53. The third kappa shape index (κ3) is 3.28. The molecule has 0 saturated carbocycles. The first-order valence-electron chi connectivity index (χ1n) is 4.34. The zero-order valence-corrected chi connectivity index (χ0v) is 8.32. The van der Waals surface area contributed by atoms with Crippen molar-refractivity contribution >= 4 is 0 Å². The smallest absolute Gasteiger partial charge is 0.213 e. The van der Waals surface area contributed by atoms with Gasteiger partial charge in [-0.1, -0.05) is 5.57 Å². The number of hydrogen-bond donors (Lipinski definition) is 0. The fraction of sp³-hybridized carbons (Fsp3) is 0.273. The number of rotatable bonds is 3. The summed E-state index contributed by atoms with van der Waals surface area (Å²) in [5.74, 6) is 0.543. The first kappa shape index (κ1) is 10.3. The van der Waals surface area contributed by atoms with E-state index >= 15 is 0 Å². The molecular weight excluding hydrogens is 176 g/mol. The summed E-state index contributed by atoms with van der Waals surface area (Å²) in [5.41, 5.74) is 1.75. The molecule has 0 N–H and O–H groups in total. The fourth-order valence-corrected chi connectivity index (χ4v) is 0.826. The first-order chi connectivity index (χ1) is 6.72. The van der Waals surface area contributed by atoms with E-state index in [9.17, 15) is 0 Å². The molecule has 0 aromatic carbocycles. The van der Waals surface area contributed by atoms with Crippen LogP contribution >= 0.6 is 0 Å². The summed E-state index contributed by atoms with van der Waals surface area (Å²) in [6.45, 7) is 4.53. The molecule has 0 aliphatic rings. The Hall–Kier alpha value is -1.82. The molecule has 1 aromatic rings. The maximum atomic E-state index is 8.54. The maximum absolute atomic E-state index is 8.54. The normalized spacial score (nSPS) is 8.93. The van der Waals surface area contributed by atoms with Crippen LogP contribution in [0.4, 0.5) is 0 Å². The molecule has 0 fully saturated rings. The minimum Gasteiger partial charge on any atom is -0.473 e. The van der Waals surface area contributed by atoms with E-state index in [1.807, 2.05) is 26.0 Å². The first-order valence-corrected chi connectivity index (χ1v) is 4.34. The number of nitriles is 1. The van der Waals surface area contributed by atoms with Crippen LogP contribution in [-0.2, 0) is 0 Å². The Morgan fingerprint density at radius 3 is 2.86 bits per heavy atom. The van der Waals surface area contributed by atoms with Gasteiger partial charge in [-0.05, 0) is 26.0 Å². The lowest BCUT2D eigenvalue weighted by Crippen LogP contribution is -1.96. The van der Waals surface area contributed by atoms with Crippen molar-refractivity contribution < 1.29 is 4.74 Å². The molecule has 3 heteroatoms. The van der Waals surface area contributed by atoms with Gasteiger partial charge in [-0.3, -0.25) is 0 Å². The Kier molecular flexibility index (Phi) is 3.69. The SMILES string of the molecule is CC(C)=CCOc1ccc(C#N)cn1. The molecule has 0 aliphatic heterocycles. The maximum Gasteiger partial charge on any atom is 0.213 e. The van der Waals surface area contributed by atoms with Crippen molar-refractivity contribution in [2.75, 3.05) is 6.61 Å². The second-order valence-corrected chi connectivity index (χ2v) is 3.09. The molecule has 0 saturated heterocycles. The molecule has 0 spiro atoms. The largest absolute Gasteiger partial charge is 0.473 e. The molecule has 0 radical (unpaired) electrons. The van der Waals surface area contributed by atoms with E-state index in [1.54, 1.807) is 12.1 Å². The monoisotopic (exact) mass is 188 g/mol. The molecule has 14 heavy (non-hydrogen) atoms. The second kappa shape index (κ2) is 5.03. The van der Waals surface area contributed by atoms with E-state index in [1.165, 1.54) is 11.8 Å². The molecule has 0 aliphatic carbocycles. The summed E-state index contributed by atoms with van der Waals surface area (Å²) in [5, 5.41) is 8.54. The van der Waals surface area contributed by atoms with Crippen molar-refractivity contribution in [1.82, 2.24) is 4.98 Å². The minimum atomic E-state index is 0.515. The van der Waals surface area contributed by atoms with Crippen molar-refractivity contribution in [3.8, 4) is 11.9 Å². The van der Waals surface area contributed by atoms with Crippen LogP contribution in [0.3, 0.4) is 0 Å². The van der Waals surface area contributed by atoms with Gasteiger partial charge in [0.15, 0.2) is 0 Å². The van der Waals surface area contributed by atoms with Gasteiger partial charge in [-0.15, -0.1) is 0 Å². The highest BCUT2D eigenvalue weighted by molar-refractivity contribution is 5.28. The number of pyridine rings is 1. The minimum absolute atomic E-state index is 0.515. The van der Waals surface area contributed by atoms with Gasteiger partial charge >= 0.3 is 0 Å². The van der Waals surface area contributed by atoms with Crippen LogP contribution in [-0.4, -0.2) is 11.6 Å². The van der Waals surface area contributed by atoms with Crippen molar-refractivity contribution in [3.05, 3.63) is 35.5 Å². The molecule has 0 atom stereocenters. The molecule has 0 amide bonds. The average molecular weight is 188 g/mol. The van der Waals surface area contributed by atoms with Crippen molar-refractivity contribution in [2.45, 2.75) is 13.8 Å². The van der Waals surface area contributed by atoms with Gasteiger partial charge in [0, 0.05) is 12.3 Å². The van der Waals surface area contributed by atoms with E-state index in [-0.39, 0.29) is 0 Å². The lowest BCUT2D eigenvalue weighted by atomic mass is 10.3. The predicted molar refractivity (Wildman–Crippen MR) is 53.9 cm³/mol. The van der Waals surface area contributed by atoms with E-state index in [0.29, 0.717) is 18.1 Å². The molecule has 0 bridgehead atoms. The van der Waals surface area contributed by atoms with Gasteiger partial charge in [0.1, 0.15) is 12.7 Å². The van der Waals surface area contributed by atoms with Crippen molar-refractivity contribution in [1.29, 1.82) is 5.26 Å². The number of ether oxygens (including phenoxy) is 1. The second-order valence-electron chi connectivity index (χ2n) is 3.09. The van der Waals surface area contributed by atoms with Crippen molar-refractivity contribution in [2.24, 2.45) is 0 Å². The van der Waals surface area contributed by atoms with Crippen LogP contribution in [0.1, 0.15) is 19.4 Å². The fourth-order valence-electron chi connectivity index (χ4n) is 0.826. The Labute approximate surface area is 83.7 Å². The summed E-state index contributed by atoms with van der Waals surface area (Å²) >= 11 is 0. The van der Waals surface area contributed by atoms with Crippen LogP contribution in [0, 0.1) is 11.3 Å². The standard InChI is InChI=1S/C11H12N2O/c1-9(2)5-6-14-11-4-3-10(7-12)8-13-11/h3-5,8H,6H2,1-2H3. The Morgan fingerprint density at radius 1 is 1.57 bits per heavy atom. The van der Waals surface area contributed by atoms with E-state index in [2.05, 4.69) is 4.98 Å². The highest BCUT2D eigenvalue weighted by atomic mass is 16.5. The summed E-state index contributed by atoms with van der Waals surface area (Å²) in [7, 11) is 0. The summed E-state index contributed by atoms with van der Waals surface area (Å²) < 4.78 is 5.32. The highest BCUT2D eigenvalue weighted by Gasteiger charge is 1.94. The van der Waals surface area contributed by atoms with Gasteiger partial charge in [0.25, 0.3) is 0 Å². The van der Waals surface area contributed by atoms with Crippen LogP contribution in [0.25, 0.3) is 0 Å². The molecule has 1 heterocycles. The zero-order valence-electron chi connectivity index (χ0n) is 8.32. The average Bonchev–Trinajstić information content (AvgIpc) is 2.18. The molecule has 1 rings (SSSR count). The van der Waals surface area contributed by atoms with Crippen LogP contribution in [0.15, 0.2) is 30.0 Å². The van der Waals surface area contributed by atoms with Crippen molar-refractivity contribution in [3.63, 3.8) is 0 Å². The lowest BCUT2D eigenvalue weighted by molar-refractivity contribution is 0.347. The molecule has 72 valence electrons. The highest BCUT2D eigenvalue weighted by Crippen LogP contribution is 2.06. The van der Waals surface area contributed by atoms with E-state index in [0.717, 1.165) is 0 Å². The van der Waals surface area contributed by atoms with Gasteiger partial charge in [-0.25, -0.2) is 4.98 Å². The van der Waals surface area contributed by atoms with Crippen LogP contribution < -0.4 is 4.74 Å². The number of hydrogen-bond acceptors (Lipinski definition) is 3. The predicted octanol–water partition coefficient (Wildman–Crippen LogP) is 2.30. The summed E-state index contributed by atoms with van der Waals surface area (Å²) in [6.07, 6.45) is 3.47. The van der Waals surface area contributed by atoms with Gasteiger partial charge in [0.2, 0.25) is 5.88 Å². The molecule has 1 aromatic heterocycles. The van der Waals surface area contributed by atoms with Crippen LogP contribution in [0.5, 0.6) is 5.88 Å². The van der Waals surface area contributed by atoms with Crippen LogP contribution in [0.2, 0.25) is 0 Å². The van der Waals surface area contributed by atoms with Gasteiger partial charge < -0.3 is 4.74 Å². The Bertz CT molecular complexity index is 356. The van der Waals surface area contributed by atoms with Gasteiger partial charge in [0.05, 0.1) is 5.56 Å². The molecule has 3 nitrogen and oxygen atoms in total. The molecule has 0 unspecified atom stereocenters. The third-order valence-corrected chi connectivity index (χ3v) is 1.59. The number of nitrogens with zero attached hydrogens (tertiary/aromatic N) is 2. The lowest BCUT2D eigenvalue weighted by Gasteiger charge is -2.01. The Morgan fingerprint density at radius 2 is 2.36 bits per heavy atom. The van der Waals surface area contributed by atoms with Gasteiger partial charge in [-0.2, -0.15) is 5.26 Å². The molecular formula is C11H12N2O. The quantitative estimate of drug-likeness (QED) is 0.684. The van der Waals surface area contributed by atoms with E-state index < -0.39 is 0 Å². The number of aromatic nitrogens is 1. The number of allylic oxidation sites excluding steroid dienone is 1. The van der Waals surface area contributed by atoms with E-state index in [4.69, 9.17) is 10.00 Å². The zero-order chi connectivity index (χ0) is 10.4. The third-order valence-electron chi connectivity index (χ3n) is 1.59. The summed E-state index contributed by atoms with van der Waals surface area (Å²) in [6, 6.07) is 5.38. The summed E-state index contributed by atoms with van der Waals surface area (Å²) in [4.78, 5) is 3.97.